The van der Waals surface area contributed by atoms with Gasteiger partial charge in [-0.2, -0.15) is 45.8 Å². The van der Waals surface area contributed by atoms with Gasteiger partial charge in [-0.25, -0.2) is 9.40 Å². The Kier molecular flexibility index (Phi) is 7.86. The molecule has 0 radical (unpaired) electrons. The van der Waals surface area contributed by atoms with Crippen molar-refractivity contribution >= 4 is 35.3 Å². The summed E-state index contributed by atoms with van der Waals surface area (Å²) in [6, 6.07) is 8.12. The zero-order valence-electron chi connectivity index (χ0n) is 17.9. The lowest BCUT2D eigenvalue weighted by molar-refractivity contribution is -0.253. The molecule has 0 bridgehead atoms. The molecule has 0 saturated heterocycles. The van der Waals surface area contributed by atoms with Crippen molar-refractivity contribution < 1.29 is 39.9 Å². The third kappa shape index (κ3) is 6.93. The lowest BCUT2D eigenvalue weighted by Gasteiger charge is -2.16. The van der Waals surface area contributed by atoms with Crippen LogP contribution in [0.2, 0.25) is 5.15 Å². The molecule has 0 atom stereocenters. The van der Waals surface area contributed by atoms with Crippen LogP contribution in [0, 0.1) is 5.82 Å². The SMILES string of the molecule is CN(N=Cc1ccc(OC(F)(F)C(F)F)cc1)c1nc(Cl)cc(Nc2ccc(F)c(C(F)(F)F)c2)n1. The van der Waals surface area contributed by atoms with Crippen LogP contribution in [0.25, 0.3) is 0 Å². The number of nitrogens with zero attached hydrogens (tertiary/aromatic N) is 4. The average molecular weight is 540 g/mol. The Morgan fingerprint density at radius 1 is 1.03 bits per heavy atom. The Balaban J connectivity index is 1.74. The second-order valence-electron chi connectivity index (χ2n) is 7.00. The van der Waals surface area contributed by atoms with Crippen LogP contribution in [0.1, 0.15) is 11.1 Å². The molecule has 36 heavy (non-hydrogen) atoms. The summed E-state index contributed by atoms with van der Waals surface area (Å²) in [4.78, 5) is 8.02. The maximum Gasteiger partial charge on any atom is 0.461 e. The molecule has 1 heterocycles. The summed E-state index contributed by atoms with van der Waals surface area (Å²) in [7, 11) is 1.41. The smallest absolute Gasteiger partial charge is 0.428 e. The summed E-state index contributed by atoms with van der Waals surface area (Å²) in [5.41, 5.74) is -1.22. The number of hydrogen-bond donors (Lipinski definition) is 1. The van der Waals surface area contributed by atoms with E-state index < -0.39 is 35.8 Å². The van der Waals surface area contributed by atoms with E-state index in [1.165, 1.54) is 31.5 Å². The van der Waals surface area contributed by atoms with Crippen LogP contribution in [-0.2, 0) is 6.18 Å². The number of nitrogens with one attached hydrogen (secondary N) is 1. The zero-order valence-corrected chi connectivity index (χ0v) is 18.6. The van der Waals surface area contributed by atoms with Gasteiger partial charge in [0.2, 0.25) is 5.95 Å². The van der Waals surface area contributed by atoms with Gasteiger partial charge in [0, 0.05) is 18.8 Å². The van der Waals surface area contributed by atoms with Crippen LogP contribution in [0.4, 0.5) is 52.6 Å². The van der Waals surface area contributed by atoms with E-state index in [1.54, 1.807) is 0 Å². The van der Waals surface area contributed by atoms with Gasteiger partial charge in [-0.15, -0.1) is 0 Å². The van der Waals surface area contributed by atoms with Crippen LogP contribution >= 0.6 is 11.6 Å². The standard InChI is InChI=1S/C21H14ClF8N5O/c1-35(31-10-11-2-5-13(6-3-11)36-21(29,30)18(24)25)19-33-16(22)9-17(34-19)32-12-4-7-15(23)14(8-12)20(26,27)28/h2-10,18H,1H3,(H,32,33,34). The summed E-state index contributed by atoms with van der Waals surface area (Å²) in [6.07, 6.45) is -12.3. The van der Waals surface area contributed by atoms with Gasteiger partial charge in [-0.05, 0) is 48.0 Å². The Morgan fingerprint density at radius 3 is 2.31 bits per heavy atom. The minimum Gasteiger partial charge on any atom is -0.428 e. The fourth-order valence-electron chi connectivity index (χ4n) is 2.61. The minimum absolute atomic E-state index is 0.0201. The molecule has 3 rings (SSSR count). The van der Waals surface area contributed by atoms with Crippen molar-refractivity contribution in [3.8, 4) is 5.75 Å². The second kappa shape index (κ2) is 10.5. The number of hydrazone groups is 1. The summed E-state index contributed by atoms with van der Waals surface area (Å²) in [5.74, 6) is -2.04. The first-order chi connectivity index (χ1) is 16.7. The molecular formula is C21H14ClF8N5O. The number of anilines is 3. The number of alkyl halides is 7. The highest BCUT2D eigenvalue weighted by molar-refractivity contribution is 6.29. The van der Waals surface area contributed by atoms with Crippen LogP contribution in [0.15, 0.2) is 53.6 Å². The Hall–Kier alpha value is -3.68. The molecule has 192 valence electrons. The van der Waals surface area contributed by atoms with Crippen molar-refractivity contribution in [2.75, 3.05) is 17.4 Å². The molecular weight excluding hydrogens is 526 g/mol. The third-order valence-electron chi connectivity index (χ3n) is 4.28. The van der Waals surface area contributed by atoms with Gasteiger partial charge in [0.15, 0.2) is 0 Å². The Bertz CT molecular complexity index is 1240. The molecule has 0 spiro atoms. The van der Waals surface area contributed by atoms with E-state index in [9.17, 15) is 35.1 Å². The maximum atomic E-state index is 13.5. The minimum atomic E-state index is -4.90. The highest BCUT2D eigenvalue weighted by Gasteiger charge is 2.43. The first kappa shape index (κ1) is 26.9. The van der Waals surface area contributed by atoms with E-state index >= 15 is 0 Å². The van der Waals surface area contributed by atoms with Crippen LogP contribution in [0.5, 0.6) is 5.75 Å². The van der Waals surface area contributed by atoms with E-state index in [0.717, 1.165) is 23.2 Å². The highest BCUT2D eigenvalue weighted by atomic mass is 35.5. The van der Waals surface area contributed by atoms with Gasteiger partial charge in [0.25, 0.3) is 0 Å². The molecule has 1 aromatic heterocycles. The highest BCUT2D eigenvalue weighted by Crippen LogP contribution is 2.34. The van der Waals surface area contributed by atoms with Crippen LogP contribution in [0.3, 0.4) is 0 Å². The normalized spacial score (nSPS) is 12.3. The average Bonchev–Trinajstić information content (AvgIpc) is 2.78. The van der Waals surface area contributed by atoms with Crippen LogP contribution < -0.4 is 15.1 Å². The van der Waals surface area contributed by atoms with Crippen molar-refractivity contribution in [3.63, 3.8) is 0 Å². The van der Waals surface area contributed by atoms with E-state index in [-0.39, 0.29) is 22.6 Å². The van der Waals surface area contributed by atoms with Gasteiger partial charge >= 0.3 is 18.7 Å². The fourth-order valence-corrected chi connectivity index (χ4v) is 2.79. The van der Waals surface area contributed by atoms with Crippen molar-refractivity contribution in [2.24, 2.45) is 5.10 Å². The number of hydrogen-bond acceptors (Lipinski definition) is 6. The Labute approximate surface area is 203 Å². The van der Waals surface area contributed by atoms with Gasteiger partial charge in [0.05, 0.1) is 11.8 Å². The first-order valence-corrected chi connectivity index (χ1v) is 10.0. The summed E-state index contributed by atoms with van der Waals surface area (Å²) >= 11 is 5.96. The number of aromatic nitrogens is 2. The molecule has 0 saturated carbocycles. The second-order valence-corrected chi connectivity index (χ2v) is 7.38. The van der Waals surface area contributed by atoms with Crippen molar-refractivity contribution in [3.05, 3.63) is 70.6 Å². The summed E-state index contributed by atoms with van der Waals surface area (Å²) < 4.78 is 107. The van der Waals surface area contributed by atoms with Gasteiger partial charge < -0.3 is 10.1 Å². The lowest BCUT2D eigenvalue weighted by atomic mass is 10.2. The predicted molar refractivity (Wildman–Crippen MR) is 116 cm³/mol. The quantitative estimate of drug-likeness (QED) is 0.149. The number of benzene rings is 2. The fraction of sp³-hybridized carbons (Fsp3) is 0.190. The topological polar surface area (TPSA) is 62.6 Å². The van der Waals surface area contributed by atoms with Crippen LogP contribution in [-0.4, -0.2) is 35.8 Å². The summed E-state index contributed by atoms with van der Waals surface area (Å²) in [5, 5.41) is 7.65. The first-order valence-electron chi connectivity index (χ1n) is 9.66. The van der Waals surface area contributed by atoms with Gasteiger partial charge in [0.1, 0.15) is 22.5 Å². The number of ether oxygens (including phenoxy) is 1. The Morgan fingerprint density at radius 2 is 1.69 bits per heavy atom. The molecule has 0 amide bonds. The third-order valence-corrected chi connectivity index (χ3v) is 4.48. The molecule has 0 unspecified atom stereocenters. The predicted octanol–water partition coefficient (Wildman–Crippen LogP) is 6.74. The molecule has 0 fully saturated rings. The number of rotatable bonds is 8. The van der Waals surface area contributed by atoms with E-state index in [4.69, 9.17) is 11.6 Å². The van der Waals surface area contributed by atoms with Crippen molar-refractivity contribution in [1.82, 2.24) is 9.97 Å². The van der Waals surface area contributed by atoms with E-state index in [0.29, 0.717) is 17.7 Å². The maximum absolute atomic E-state index is 13.5. The zero-order chi connectivity index (χ0) is 26.7. The molecule has 6 nitrogen and oxygen atoms in total. The molecule has 0 aliphatic heterocycles. The van der Waals surface area contributed by atoms with Gasteiger partial charge in [-0.1, -0.05) is 11.6 Å². The lowest BCUT2D eigenvalue weighted by Crippen LogP contribution is -2.33. The van der Waals surface area contributed by atoms with Crippen molar-refractivity contribution in [2.45, 2.75) is 18.7 Å². The van der Waals surface area contributed by atoms with Gasteiger partial charge in [-0.3, -0.25) is 0 Å². The molecule has 3 aromatic rings. The molecule has 1 N–H and O–H groups in total. The largest absolute Gasteiger partial charge is 0.461 e. The van der Waals surface area contributed by atoms with E-state index in [2.05, 4.69) is 25.1 Å². The molecule has 0 aliphatic rings. The molecule has 15 heteroatoms. The monoisotopic (exact) mass is 539 g/mol. The van der Waals surface area contributed by atoms with E-state index in [1.807, 2.05) is 0 Å². The molecule has 0 aliphatic carbocycles. The molecule has 2 aromatic carbocycles. The van der Waals surface area contributed by atoms with Crippen molar-refractivity contribution in [1.29, 1.82) is 0 Å². The number of halogens is 9. The summed E-state index contributed by atoms with van der Waals surface area (Å²) in [6.45, 7) is 0.